The lowest BCUT2D eigenvalue weighted by molar-refractivity contribution is 0.150. The number of amides is 1. The summed E-state index contributed by atoms with van der Waals surface area (Å²) in [5.74, 6) is 0. The van der Waals surface area contributed by atoms with E-state index >= 15 is 0 Å². The largest absolute Gasteiger partial charge is 0.445 e. The number of ether oxygens (including phenoxy) is 1. The lowest BCUT2D eigenvalue weighted by atomic mass is 10.2. The van der Waals surface area contributed by atoms with Gasteiger partial charge in [0.1, 0.15) is 6.61 Å². The number of benzene rings is 1. The summed E-state index contributed by atoms with van der Waals surface area (Å²) in [5.41, 5.74) is 5.53. The molecule has 0 spiro atoms. The predicted octanol–water partition coefficient (Wildman–Crippen LogP) is 2.59. The predicted molar refractivity (Wildman–Crippen MR) is 50.8 cm³/mol. The maximum absolute atomic E-state index is 10.3. The number of nitrogens with two attached hydrogens (primary N) is 1. The zero-order valence-electron chi connectivity index (χ0n) is 6.59. The second-order valence-corrected chi connectivity index (χ2v) is 3.17. The van der Waals surface area contributed by atoms with Crippen molar-refractivity contribution in [2.45, 2.75) is 6.61 Å². The Bertz CT molecular complexity index is 328. The molecule has 0 saturated carbocycles. The summed E-state index contributed by atoms with van der Waals surface area (Å²) in [6, 6.07) is 4.95. The monoisotopic (exact) mass is 219 g/mol. The van der Waals surface area contributed by atoms with Gasteiger partial charge in [-0.3, -0.25) is 0 Å². The third kappa shape index (κ3) is 3.13. The fraction of sp³-hybridized carbons (Fsp3) is 0.125. The molecule has 0 bridgehead atoms. The van der Waals surface area contributed by atoms with Gasteiger partial charge in [0.2, 0.25) is 0 Å². The first-order chi connectivity index (χ1) is 6.09. The van der Waals surface area contributed by atoms with E-state index in [2.05, 4.69) is 4.74 Å². The third-order valence-electron chi connectivity index (χ3n) is 1.37. The summed E-state index contributed by atoms with van der Waals surface area (Å²) in [5, 5.41) is 0.886. The van der Waals surface area contributed by atoms with Crippen molar-refractivity contribution in [1.82, 2.24) is 0 Å². The first-order valence-electron chi connectivity index (χ1n) is 3.46. The molecule has 0 unspecified atom stereocenters. The smallest absolute Gasteiger partial charge is 0.404 e. The van der Waals surface area contributed by atoms with E-state index in [-0.39, 0.29) is 6.61 Å². The third-order valence-corrected chi connectivity index (χ3v) is 2.10. The summed E-state index contributed by atoms with van der Waals surface area (Å²) in [7, 11) is 0. The molecule has 1 rings (SSSR count). The minimum atomic E-state index is -0.814. The number of halogens is 2. The highest BCUT2D eigenvalue weighted by Crippen LogP contribution is 2.22. The van der Waals surface area contributed by atoms with E-state index in [1.807, 2.05) is 0 Å². The fourth-order valence-electron chi connectivity index (χ4n) is 0.784. The van der Waals surface area contributed by atoms with Gasteiger partial charge < -0.3 is 10.5 Å². The molecule has 0 aliphatic rings. The Kier molecular flexibility index (Phi) is 3.39. The molecule has 13 heavy (non-hydrogen) atoms. The minimum Gasteiger partial charge on any atom is -0.445 e. The molecule has 0 radical (unpaired) electrons. The van der Waals surface area contributed by atoms with Gasteiger partial charge in [-0.25, -0.2) is 4.79 Å². The average Bonchev–Trinajstić information content (AvgIpc) is 2.07. The molecule has 1 aromatic rings. The Hall–Kier alpha value is -0.930. The second-order valence-electron chi connectivity index (χ2n) is 2.36. The average molecular weight is 220 g/mol. The summed E-state index contributed by atoms with van der Waals surface area (Å²) >= 11 is 11.4. The van der Waals surface area contributed by atoms with Crippen LogP contribution in [-0.2, 0) is 11.3 Å². The van der Waals surface area contributed by atoms with Gasteiger partial charge in [0, 0.05) is 0 Å². The zero-order chi connectivity index (χ0) is 9.84. The molecule has 1 amide bonds. The van der Waals surface area contributed by atoms with Crippen molar-refractivity contribution < 1.29 is 9.53 Å². The summed E-state index contributed by atoms with van der Waals surface area (Å²) in [6.45, 7) is 0.103. The quantitative estimate of drug-likeness (QED) is 0.832. The standard InChI is InChI=1S/C8H7Cl2NO2/c9-6-2-1-5(3-7(6)10)4-13-8(11)12/h1-3H,4H2,(H2,11,12). The van der Waals surface area contributed by atoms with Crippen molar-refractivity contribution in [3.8, 4) is 0 Å². The van der Waals surface area contributed by atoms with Gasteiger partial charge in [0.25, 0.3) is 0 Å². The van der Waals surface area contributed by atoms with Crippen LogP contribution in [0.4, 0.5) is 4.79 Å². The topological polar surface area (TPSA) is 52.3 Å². The Morgan fingerprint density at radius 1 is 1.38 bits per heavy atom. The van der Waals surface area contributed by atoms with Gasteiger partial charge in [-0.05, 0) is 17.7 Å². The fourth-order valence-corrected chi connectivity index (χ4v) is 1.10. The molecule has 2 N–H and O–H groups in total. The lowest BCUT2D eigenvalue weighted by Crippen LogP contribution is -2.12. The van der Waals surface area contributed by atoms with Crippen LogP contribution in [0.15, 0.2) is 18.2 Å². The van der Waals surface area contributed by atoms with E-state index < -0.39 is 6.09 Å². The van der Waals surface area contributed by atoms with E-state index in [1.165, 1.54) is 0 Å². The first kappa shape index (κ1) is 10.2. The van der Waals surface area contributed by atoms with Crippen molar-refractivity contribution in [3.05, 3.63) is 33.8 Å². The lowest BCUT2D eigenvalue weighted by Gasteiger charge is -2.02. The number of carbonyl (C=O) groups is 1. The molecule has 0 aliphatic carbocycles. The number of rotatable bonds is 2. The number of primary amides is 1. The summed E-state index contributed by atoms with van der Waals surface area (Å²) < 4.78 is 4.56. The Labute approximate surface area is 85.4 Å². The van der Waals surface area contributed by atoms with Crippen molar-refractivity contribution in [2.24, 2.45) is 5.73 Å². The first-order valence-corrected chi connectivity index (χ1v) is 4.21. The van der Waals surface area contributed by atoms with E-state index in [9.17, 15) is 4.79 Å². The van der Waals surface area contributed by atoms with Crippen LogP contribution in [0.2, 0.25) is 10.0 Å². The van der Waals surface area contributed by atoms with Gasteiger partial charge in [-0.2, -0.15) is 0 Å². The van der Waals surface area contributed by atoms with E-state index in [1.54, 1.807) is 18.2 Å². The van der Waals surface area contributed by atoms with Crippen LogP contribution >= 0.6 is 23.2 Å². The molecule has 0 saturated heterocycles. The molecular formula is C8H7Cl2NO2. The van der Waals surface area contributed by atoms with Crippen LogP contribution in [0.3, 0.4) is 0 Å². The van der Waals surface area contributed by atoms with E-state index in [0.717, 1.165) is 5.56 Å². The molecule has 0 heterocycles. The highest BCUT2D eigenvalue weighted by molar-refractivity contribution is 6.42. The van der Waals surface area contributed by atoms with Gasteiger partial charge in [-0.1, -0.05) is 29.3 Å². The van der Waals surface area contributed by atoms with Crippen molar-refractivity contribution >= 4 is 29.3 Å². The number of hydrogen-bond acceptors (Lipinski definition) is 2. The van der Waals surface area contributed by atoms with Gasteiger partial charge in [-0.15, -0.1) is 0 Å². The maximum atomic E-state index is 10.3. The normalized spacial score (nSPS) is 9.69. The van der Waals surface area contributed by atoms with Crippen LogP contribution in [0.25, 0.3) is 0 Å². The van der Waals surface area contributed by atoms with E-state index in [0.29, 0.717) is 10.0 Å². The maximum Gasteiger partial charge on any atom is 0.404 e. The zero-order valence-corrected chi connectivity index (χ0v) is 8.10. The summed E-state index contributed by atoms with van der Waals surface area (Å²) in [4.78, 5) is 10.3. The van der Waals surface area contributed by atoms with E-state index in [4.69, 9.17) is 28.9 Å². The van der Waals surface area contributed by atoms with Crippen LogP contribution in [0, 0.1) is 0 Å². The van der Waals surface area contributed by atoms with Crippen molar-refractivity contribution in [1.29, 1.82) is 0 Å². The molecule has 0 aliphatic heterocycles. The van der Waals surface area contributed by atoms with Crippen molar-refractivity contribution in [3.63, 3.8) is 0 Å². The second kappa shape index (κ2) is 4.35. The molecule has 0 fully saturated rings. The molecule has 1 aromatic carbocycles. The van der Waals surface area contributed by atoms with Gasteiger partial charge >= 0.3 is 6.09 Å². The van der Waals surface area contributed by atoms with Gasteiger partial charge in [0.05, 0.1) is 10.0 Å². The molecule has 5 heteroatoms. The summed E-state index contributed by atoms with van der Waals surface area (Å²) in [6.07, 6.45) is -0.814. The SMILES string of the molecule is NC(=O)OCc1ccc(Cl)c(Cl)c1. The minimum absolute atomic E-state index is 0.103. The van der Waals surface area contributed by atoms with Crippen LogP contribution < -0.4 is 5.73 Å². The van der Waals surface area contributed by atoms with Crippen LogP contribution in [0.5, 0.6) is 0 Å². The van der Waals surface area contributed by atoms with Gasteiger partial charge in [0.15, 0.2) is 0 Å². The molecule has 3 nitrogen and oxygen atoms in total. The molecule has 0 aromatic heterocycles. The highest BCUT2D eigenvalue weighted by Gasteiger charge is 2.00. The highest BCUT2D eigenvalue weighted by atomic mass is 35.5. The number of hydrogen-bond donors (Lipinski definition) is 1. The Morgan fingerprint density at radius 3 is 2.62 bits per heavy atom. The number of carbonyl (C=O) groups excluding carboxylic acids is 1. The molecular weight excluding hydrogens is 213 g/mol. The Balaban J connectivity index is 2.68. The van der Waals surface area contributed by atoms with Crippen molar-refractivity contribution in [2.75, 3.05) is 0 Å². The molecule has 70 valence electrons. The van der Waals surface area contributed by atoms with Crippen LogP contribution in [-0.4, -0.2) is 6.09 Å². The van der Waals surface area contributed by atoms with Crippen LogP contribution in [0.1, 0.15) is 5.56 Å². The molecule has 0 atom stereocenters. The Morgan fingerprint density at radius 2 is 2.08 bits per heavy atom.